The second-order valence-corrected chi connectivity index (χ2v) is 8.38. The van der Waals surface area contributed by atoms with E-state index in [1.807, 2.05) is 26.0 Å². The molecule has 9 heteroatoms. The summed E-state index contributed by atoms with van der Waals surface area (Å²) in [6.07, 6.45) is -2.44. The van der Waals surface area contributed by atoms with E-state index in [2.05, 4.69) is 0 Å². The Balaban J connectivity index is 1.84. The van der Waals surface area contributed by atoms with Gasteiger partial charge in [-0.25, -0.2) is 0 Å². The molecule has 0 bridgehead atoms. The predicted octanol–water partition coefficient (Wildman–Crippen LogP) is -0.602. The van der Waals surface area contributed by atoms with Crippen LogP contribution < -0.4 is 0 Å². The fourth-order valence-corrected chi connectivity index (χ4v) is 4.29. The lowest BCUT2D eigenvalue weighted by molar-refractivity contribution is -0.308. The summed E-state index contributed by atoms with van der Waals surface area (Å²) in [5, 5.41) is 49.4. The van der Waals surface area contributed by atoms with Gasteiger partial charge in [0.1, 0.15) is 30.5 Å². The van der Waals surface area contributed by atoms with Crippen LogP contribution in [0.3, 0.4) is 0 Å². The largest absolute Gasteiger partial charge is 0.458 e. The Kier molecular flexibility index (Phi) is 7.67. The van der Waals surface area contributed by atoms with Crippen molar-refractivity contribution in [2.24, 2.45) is 11.8 Å². The van der Waals surface area contributed by atoms with Gasteiger partial charge in [0.15, 0.2) is 6.29 Å². The molecule has 0 aromatic carbocycles. The summed E-state index contributed by atoms with van der Waals surface area (Å²) >= 11 is 0. The van der Waals surface area contributed by atoms with Gasteiger partial charge in [-0.2, -0.15) is 0 Å². The maximum Gasteiger partial charge on any atom is 0.309 e. The topological polar surface area (TPSA) is 146 Å². The van der Waals surface area contributed by atoms with Crippen LogP contribution in [0, 0.1) is 11.8 Å². The number of esters is 1. The van der Waals surface area contributed by atoms with Crippen molar-refractivity contribution in [2.45, 2.75) is 76.0 Å². The fourth-order valence-electron chi connectivity index (χ4n) is 4.29. The first-order valence-electron chi connectivity index (χ1n) is 10.4. The maximum atomic E-state index is 12.1. The van der Waals surface area contributed by atoms with Crippen molar-refractivity contribution in [2.75, 3.05) is 13.2 Å². The smallest absolute Gasteiger partial charge is 0.309 e. The van der Waals surface area contributed by atoms with Gasteiger partial charge in [0, 0.05) is 5.92 Å². The molecular formula is C21H32O9. The van der Waals surface area contributed by atoms with E-state index in [0.29, 0.717) is 19.3 Å². The molecule has 9 nitrogen and oxygen atoms in total. The normalized spacial score (nSPS) is 46.2. The van der Waals surface area contributed by atoms with Crippen LogP contribution in [0.5, 0.6) is 0 Å². The van der Waals surface area contributed by atoms with Crippen LogP contribution >= 0.6 is 0 Å². The quantitative estimate of drug-likeness (QED) is 0.293. The molecule has 170 valence electrons. The van der Waals surface area contributed by atoms with Crippen LogP contribution in [-0.2, 0) is 19.0 Å². The van der Waals surface area contributed by atoms with Gasteiger partial charge in [0.25, 0.3) is 0 Å². The Morgan fingerprint density at radius 2 is 1.90 bits per heavy atom. The summed E-state index contributed by atoms with van der Waals surface area (Å²) < 4.78 is 16.9. The molecule has 0 amide bonds. The molecule has 0 aromatic rings. The van der Waals surface area contributed by atoms with Crippen LogP contribution in [0.25, 0.3) is 0 Å². The van der Waals surface area contributed by atoms with E-state index in [-0.39, 0.29) is 24.4 Å². The first kappa shape index (κ1) is 23.3. The van der Waals surface area contributed by atoms with Crippen LogP contribution in [0.2, 0.25) is 0 Å². The third kappa shape index (κ3) is 4.77. The highest BCUT2D eigenvalue weighted by Crippen LogP contribution is 2.36. The van der Waals surface area contributed by atoms with Crippen molar-refractivity contribution in [3.63, 3.8) is 0 Å². The molecule has 0 radical (unpaired) electrons. The fraction of sp³-hybridized carbons (Fsp3) is 0.762. The highest BCUT2D eigenvalue weighted by molar-refractivity contribution is 5.75. The number of aliphatic hydroxyl groups is 5. The van der Waals surface area contributed by atoms with Gasteiger partial charge in [-0.1, -0.05) is 13.0 Å². The Labute approximate surface area is 175 Å². The number of hydrogen-bond donors (Lipinski definition) is 5. The van der Waals surface area contributed by atoms with Gasteiger partial charge in [0.05, 0.1) is 25.2 Å². The molecule has 2 heterocycles. The predicted molar refractivity (Wildman–Crippen MR) is 104 cm³/mol. The molecule has 1 aliphatic carbocycles. The van der Waals surface area contributed by atoms with Crippen LogP contribution in [0.4, 0.5) is 0 Å². The van der Waals surface area contributed by atoms with Crippen LogP contribution in [0.15, 0.2) is 23.3 Å². The number of ether oxygens (including phenoxy) is 3. The minimum Gasteiger partial charge on any atom is -0.458 e. The van der Waals surface area contributed by atoms with E-state index in [0.717, 1.165) is 11.1 Å². The van der Waals surface area contributed by atoms with E-state index in [4.69, 9.17) is 14.2 Å². The van der Waals surface area contributed by atoms with E-state index in [1.54, 1.807) is 0 Å². The Morgan fingerprint density at radius 3 is 2.57 bits per heavy atom. The molecule has 30 heavy (non-hydrogen) atoms. The minimum atomic E-state index is -1.53. The second kappa shape index (κ2) is 9.86. The summed E-state index contributed by atoms with van der Waals surface area (Å²) in [4.78, 5) is 12.1. The summed E-state index contributed by atoms with van der Waals surface area (Å²) in [7, 11) is 0. The maximum absolute atomic E-state index is 12.1. The molecule has 5 N–H and O–H groups in total. The van der Waals surface area contributed by atoms with Gasteiger partial charge < -0.3 is 39.7 Å². The van der Waals surface area contributed by atoms with E-state index >= 15 is 0 Å². The first-order valence-corrected chi connectivity index (χ1v) is 10.4. The molecule has 2 saturated heterocycles. The lowest BCUT2D eigenvalue weighted by Gasteiger charge is -2.41. The molecular weight excluding hydrogens is 396 g/mol. The molecule has 0 saturated carbocycles. The Morgan fingerprint density at radius 1 is 1.17 bits per heavy atom. The third-order valence-corrected chi connectivity index (χ3v) is 6.39. The SMILES string of the molecule is C/C1=C\[C@H]2OC(=O)[C@@H](C)[C@@H]2CC/C(CO)=C\C[C@@H]1O[C@@H]1O[C@H](CO)[C@@H](O)[C@H](O)[C@H]1O. The lowest BCUT2D eigenvalue weighted by Crippen LogP contribution is -2.59. The van der Waals surface area contributed by atoms with Crippen molar-refractivity contribution >= 4 is 5.97 Å². The molecule has 0 unspecified atom stereocenters. The zero-order chi connectivity index (χ0) is 22.0. The van der Waals surface area contributed by atoms with Gasteiger partial charge in [-0.05, 0) is 43.4 Å². The average Bonchev–Trinajstić information content (AvgIpc) is 2.99. The number of hydrogen-bond acceptors (Lipinski definition) is 9. The summed E-state index contributed by atoms with van der Waals surface area (Å²) in [6.45, 7) is 3.00. The molecule has 3 rings (SSSR count). The monoisotopic (exact) mass is 428 g/mol. The third-order valence-electron chi connectivity index (χ3n) is 6.39. The standard InChI is InChI=1S/C21H32O9/c1-10-7-15-13(11(2)20(27)28-15)5-3-12(8-22)4-6-14(10)29-21-19(26)18(25)17(24)16(9-23)30-21/h4,7,11,13-19,21-26H,3,5-6,8-9H2,1-2H3/b10-7+,12-4+/t11-,13-,14-,15+,16+,17+,18-,19+,21+/m0/s1. The van der Waals surface area contributed by atoms with E-state index < -0.39 is 49.5 Å². The molecule has 2 fully saturated rings. The first-order chi connectivity index (χ1) is 14.3. The van der Waals surface area contributed by atoms with Gasteiger partial charge >= 0.3 is 5.97 Å². The van der Waals surface area contributed by atoms with Gasteiger partial charge in [0.2, 0.25) is 0 Å². The number of aliphatic hydroxyl groups excluding tert-OH is 5. The number of rotatable bonds is 4. The minimum absolute atomic E-state index is 0.0200. The van der Waals surface area contributed by atoms with Crippen LogP contribution in [-0.4, -0.2) is 87.6 Å². The van der Waals surface area contributed by atoms with Crippen LogP contribution in [0.1, 0.15) is 33.1 Å². The van der Waals surface area contributed by atoms with Crippen molar-refractivity contribution in [1.82, 2.24) is 0 Å². The highest BCUT2D eigenvalue weighted by Gasteiger charge is 2.45. The van der Waals surface area contributed by atoms with Crippen molar-refractivity contribution in [3.8, 4) is 0 Å². The van der Waals surface area contributed by atoms with Crippen molar-refractivity contribution in [1.29, 1.82) is 0 Å². The van der Waals surface area contributed by atoms with E-state index in [1.165, 1.54) is 0 Å². The van der Waals surface area contributed by atoms with Crippen molar-refractivity contribution < 1.29 is 44.5 Å². The molecule has 0 aromatic heterocycles. The van der Waals surface area contributed by atoms with Gasteiger partial charge in [-0.15, -0.1) is 0 Å². The second-order valence-electron chi connectivity index (χ2n) is 8.38. The zero-order valence-electron chi connectivity index (χ0n) is 17.3. The molecule has 0 spiro atoms. The molecule has 3 aliphatic rings. The number of carbonyl (C=O) groups excluding carboxylic acids is 1. The Bertz CT molecular complexity index is 673. The average molecular weight is 428 g/mol. The molecule has 9 atom stereocenters. The zero-order valence-corrected chi connectivity index (χ0v) is 17.3. The Hall–Kier alpha value is -1.33. The lowest BCUT2D eigenvalue weighted by atomic mass is 9.84. The highest BCUT2D eigenvalue weighted by atomic mass is 16.7. The summed E-state index contributed by atoms with van der Waals surface area (Å²) in [5.41, 5.74) is 1.57. The van der Waals surface area contributed by atoms with Gasteiger partial charge in [-0.3, -0.25) is 4.79 Å². The molecule has 2 aliphatic heterocycles. The summed E-state index contributed by atoms with van der Waals surface area (Å²) in [5.74, 6) is -0.522. The number of carbonyl (C=O) groups is 1. The van der Waals surface area contributed by atoms with Crippen molar-refractivity contribution in [3.05, 3.63) is 23.3 Å². The summed E-state index contributed by atoms with van der Waals surface area (Å²) in [6, 6.07) is 0. The van der Waals surface area contributed by atoms with E-state index in [9.17, 15) is 30.3 Å². The number of fused-ring (bicyclic) bond motifs is 1.